The van der Waals surface area contributed by atoms with Crippen molar-refractivity contribution >= 4 is 87.0 Å². The minimum absolute atomic E-state index is 0. The molecule has 15 heteroatoms. The first-order valence-electron chi connectivity index (χ1n) is 12.4. The second kappa shape index (κ2) is 16.2. The van der Waals surface area contributed by atoms with Gasteiger partial charge in [-0.25, -0.2) is 28.7 Å². The molecule has 0 bridgehead atoms. The quantitative estimate of drug-likeness (QED) is 0.141. The average molecular weight is 796 g/mol. The Bertz CT molecular complexity index is 1890. The molecule has 0 saturated carbocycles. The number of nitrogens with two attached hydrogens (primary N) is 3. The lowest BCUT2D eigenvalue weighted by Crippen LogP contribution is -2.07. The first-order valence-corrected chi connectivity index (χ1v) is 14.7. The number of halogens is 5. The molecule has 0 aliphatic carbocycles. The van der Waals surface area contributed by atoms with Gasteiger partial charge >= 0.3 is 0 Å². The molecule has 4 heterocycles. The van der Waals surface area contributed by atoms with Crippen molar-refractivity contribution in [3.8, 4) is 0 Å². The average Bonchev–Trinajstić information content (AvgIpc) is 3.00. The van der Waals surface area contributed by atoms with Crippen LogP contribution in [-0.4, -0.2) is 29.9 Å². The lowest BCUT2D eigenvalue weighted by molar-refractivity contribution is 0.612. The Balaban J connectivity index is 0.000000252. The summed E-state index contributed by atoms with van der Waals surface area (Å²) in [5, 5.41) is 4.79. The van der Waals surface area contributed by atoms with Gasteiger partial charge in [0.2, 0.25) is 0 Å². The molecule has 0 saturated heterocycles. The van der Waals surface area contributed by atoms with E-state index < -0.39 is 0 Å². The minimum atomic E-state index is -0.324. The standard InChI is InChI=1S/C14H11BrFN5.C10H9FN2.C4H3Br2N3.CH4.H2/c15-12-7-19-13(17)14(21-12)20-6-9-4-8-2-1-3-18-11(8)5-10(9)16;11-9-5-10-7(2-1-3-13-10)4-8(9)6-12;5-2-1-8-4(7)3(6)9-2;;/h1-5,7H,6H2,(H2,17,19)(H,20,21);1-5H,6,12H2;1H,(H2,7,8);1H4;1H/i;;;;1+1. The fourth-order valence-corrected chi connectivity index (χ4v) is 4.71. The summed E-state index contributed by atoms with van der Waals surface area (Å²) in [4.78, 5) is 24.0. The van der Waals surface area contributed by atoms with E-state index in [0.717, 1.165) is 10.8 Å². The van der Waals surface area contributed by atoms with Crippen LogP contribution >= 0.6 is 47.8 Å². The molecule has 0 aliphatic heterocycles. The molecule has 7 N–H and O–H groups in total. The molecule has 0 radical (unpaired) electrons. The highest BCUT2D eigenvalue weighted by atomic mass is 79.9. The molecule has 0 unspecified atom stereocenters. The summed E-state index contributed by atoms with van der Waals surface area (Å²) in [6.07, 6.45) is 6.32. The number of pyridine rings is 2. The van der Waals surface area contributed by atoms with E-state index in [1.165, 1.54) is 18.3 Å². The van der Waals surface area contributed by atoms with Gasteiger partial charge in [-0.3, -0.25) is 9.97 Å². The maximum Gasteiger partial charge on any atom is 0.170 e. The molecule has 4 aromatic heterocycles. The maximum atomic E-state index is 14.0. The SMILES string of the molecule is C.NCc1cc2cccnc2cc1F.Nc1ncc(Br)nc1Br.Nc1ncc(Br)nc1NCc1cc2cccnc2cc1F.[2HH]. The fourth-order valence-electron chi connectivity index (χ4n) is 3.62. The topological polar surface area (TPSA) is 167 Å². The highest BCUT2D eigenvalue weighted by Crippen LogP contribution is 2.21. The van der Waals surface area contributed by atoms with Gasteiger partial charge in [-0.15, -0.1) is 0 Å². The number of hydrogen-bond acceptors (Lipinski definition) is 10. The Kier molecular flexibility index (Phi) is 12.8. The van der Waals surface area contributed by atoms with E-state index in [2.05, 4.69) is 83.0 Å². The normalized spacial score (nSPS) is 10.2. The number of fused-ring (bicyclic) bond motifs is 2. The van der Waals surface area contributed by atoms with Crippen LogP contribution in [0.1, 0.15) is 20.0 Å². The van der Waals surface area contributed by atoms with Gasteiger partial charge in [-0.05, 0) is 72.1 Å². The smallest absolute Gasteiger partial charge is 0.170 e. The third kappa shape index (κ3) is 9.29. The van der Waals surface area contributed by atoms with Crippen molar-refractivity contribution in [1.29, 1.82) is 0 Å². The van der Waals surface area contributed by atoms with Crippen molar-refractivity contribution in [2.75, 3.05) is 16.8 Å². The largest absolute Gasteiger partial charge is 0.381 e. The highest BCUT2D eigenvalue weighted by molar-refractivity contribution is 9.11. The molecule has 0 spiro atoms. The van der Waals surface area contributed by atoms with E-state index in [1.807, 2.05) is 24.3 Å². The van der Waals surface area contributed by atoms with E-state index in [0.29, 0.717) is 47.6 Å². The van der Waals surface area contributed by atoms with Gasteiger partial charge < -0.3 is 22.5 Å². The summed E-state index contributed by atoms with van der Waals surface area (Å²) in [6.45, 7) is 0.475. The van der Waals surface area contributed by atoms with E-state index in [1.54, 1.807) is 30.7 Å². The Morgan fingerprint density at radius 2 is 1.25 bits per heavy atom. The van der Waals surface area contributed by atoms with Gasteiger partial charge in [0, 0.05) is 60.9 Å². The molecule has 6 rings (SSSR count). The van der Waals surface area contributed by atoms with E-state index in [4.69, 9.17) is 17.2 Å². The zero-order valence-electron chi connectivity index (χ0n) is 22.1. The van der Waals surface area contributed by atoms with Crippen LogP contribution in [0.5, 0.6) is 0 Å². The number of rotatable bonds is 4. The van der Waals surface area contributed by atoms with Crippen molar-refractivity contribution in [2.45, 2.75) is 20.5 Å². The molecule has 0 amide bonds. The highest BCUT2D eigenvalue weighted by Gasteiger charge is 2.08. The first-order chi connectivity index (χ1) is 20.6. The minimum Gasteiger partial charge on any atom is -0.381 e. The van der Waals surface area contributed by atoms with Crippen LogP contribution in [0.25, 0.3) is 21.8 Å². The number of nitrogen functional groups attached to an aromatic ring is 2. The van der Waals surface area contributed by atoms with Crippen molar-refractivity contribution in [3.05, 3.63) is 110 Å². The zero-order valence-corrected chi connectivity index (χ0v) is 26.9. The number of benzene rings is 2. The van der Waals surface area contributed by atoms with Gasteiger partial charge in [-0.2, -0.15) is 0 Å². The summed E-state index contributed by atoms with van der Waals surface area (Å²) < 4.78 is 29.0. The van der Waals surface area contributed by atoms with Gasteiger partial charge in [0.1, 0.15) is 25.4 Å². The molecule has 44 heavy (non-hydrogen) atoms. The second-order valence-electron chi connectivity index (χ2n) is 8.63. The second-order valence-corrected chi connectivity index (χ2v) is 11.0. The Morgan fingerprint density at radius 3 is 1.80 bits per heavy atom. The van der Waals surface area contributed by atoms with Crippen molar-refractivity contribution in [3.63, 3.8) is 0 Å². The first kappa shape index (κ1) is 34.6. The lowest BCUT2D eigenvalue weighted by atomic mass is 10.1. The van der Waals surface area contributed by atoms with Crippen LogP contribution in [0.3, 0.4) is 0 Å². The zero-order chi connectivity index (χ0) is 30.9. The lowest BCUT2D eigenvalue weighted by Gasteiger charge is -2.09. The molecule has 2 aromatic carbocycles. The monoisotopic (exact) mass is 793 g/mol. The number of nitrogens with zero attached hydrogens (tertiary/aromatic N) is 6. The number of anilines is 3. The summed E-state index contributed by atoms with van der Waals surface area (Å²) in [5.41, 5.74) is 18.8. The Hall–Kier alpha value is -3.92. The predicted octanol–water partition coefficient (Wildman–Crippen LogP) is 7.42. The molecule has 0 aliphatic rings. The van der Waals surface area contributed by atoms with Gasteiger partial charge in [0.05, 0.1) is 23.4 Å². The van der Waals surface area contributed by atoms with Crippen LogP contribution in [0.2, 0.25) is 0 Å². The van der Waals surface area contributed by atoms with Crippen LogP contribution < -0.4 is 22.5 Å². The van der Waals surface area contributed by atoms with Gasteiger partial charge in [0.25, 0.3) is 0 Å². The maximum absolute atomic E-state index is 14.0. The van der Waals surface area contributed by atoms with E-state index in [9.17, 15) is 8.78 Å². The predicted molar refractivity (Wildman–Crippen MR) is 183 cm³/mol. The van der Waals surface area contributed by atoms with Crippen LogP contribution in [-0.2, 0) is 13.1 Å². The molecule has 10 nitrogen and oxygen atoms in total. The van der Waals surface area contributed by atoms with Crippen LogP contribution in [0.4, 0.5) is 26.2 Å². The summed E-state index contributed by atoms with van der Waals surface area (Å²) in [7, 11) is 0. The van der Waals surface area contributed by atoms with Crippen LogP contribution in [0.15, 0.2) is 87.1 Å². The van der Waals surface area contributed by atoms with Crippen molar-refractivity contribution in [2.24, 2.45) is 5.73 Å². The van der Waals surface area contributed by atoms with Crippen molar-refractivity contribution < 1.29 is 10.2 Å². The Morgan fingerprint density at radius 1 is 0.727 bits per heavy atom. The number of hydrogen-bond donors (Lipinski definition) is 4. The van der Waals surface area contributed by atoms with Crippen molar-refractivity contribution in [1.82, 2.24) is 29.9 Å². The molecule has 6 aromatic rings. The molecule has 230 valence electrons. The van der Waals surface area contributed by atoms with Gasteiger partial charge in [0.15, 0.2) is 17.5 Å². The molecular weight excluding hydrogens is 766 g/mol. The fraction of sp³-hybridized carbons (Fsp3) is 0.103. The summed E-state index contributed by atoms with van der Waals surface area (Å²) >= 11 is 9.47. The third-order valence-electron chi connectivity index (χ3n) is 5.71. The molecular formula is C29H29Br3F2N10. The summed E-state index contributed by atoms with van der Waals surface area (Å²) in [6, 6.07) is 13.7. The number of nitrogens with one attached hydrogen (secondary N) is 1. The molecule has 0 fully saturated rings. The summed E-state index contributed by atoms with van der Waals surface area (Å²) in [5.74, 6) is 0.471. The van der Waals surface area contributed by atoms with E-state index in [-0.39, 0.29) is 39.4 Å². The Labute approximate surface area is 278 Å². The van der Waals surface area contributed by atoms with Gasteiger partial charge in [-0.1, -0.05) is 19.6 Å². The molecule has 0 atom stereocenters. The van der Waals surface area contributed by atoms with Crippen LogP contribution in [0, 0.1) is 11.6 Å². The van der Waals surface area contributed by atoms with E-state index >= 15 is 0 Å². The number of aromatic nitrogens is 6. The third-order valence-corrected chi connectivity index (χ3v) is 7.05.